The van der Waals surface area contributed by atoms with E-state index in [0.29, 0.717) is 24.1 Å². The highest BCUT2D eigenvalue weighted by Crippen LogP contribution is 2.65. The molecule has 2 amide bonds. The molecule has 42 heavy (non-hydrogen) atoms. The standard InChI is InChI=1S/C34H48N4O4/c1-8-26(39)30(33(2,3)4)37-32(41)29-28-22(34(28,5)6)18-38(29)19-25(20-13-10-9-11-14-20)36-31(40)24-17-21-23(35-24)15-12-16-27(21)42-7/h8,12,15-17,20,22,25,28-30,35H,1,9-11,13-14,18-19H2,2-7H3,(H,36,40)(H,37,41)/t22-,25+,28-,29-,30+/m0/s1. The number of carbonyl (C=O) groups excluding carboxylic acids is 3. The maximum absolute atomic E-state index is 14.0. The largest absolute Gasteiger partial charge is 0.496 e. The van der Waals surface area contributed by atoms with Crippen LogP contribution in [0.15, 0.2) is 36.9 Å². The lowest BCUT2D eigenvalue weighted by atomic mass is 9.83. The van der Waals surface area contributed by atoms with E-state index in [9.17, 15) is 14.4 Å². The molecule has 8 nitrogen and oxygen atoms in total. The smallest absolute Gasteiger partial charge is 0.268 e. The minimum Gasteiger partial charge on any atom is -0.496 e. The summed E-state index contributed by atoms with van der Waals surface area (Å²) in [5.41, 5.74) is 0.996. The first-order valence-electron chi connectivity index (χ1n) is 15.5. The van der Waals surface area contributed by atoms with Gasteiger partial charge in [-0.15, -0.1) is 0 Å². The average Bonchev–Trinajstić information content (AvgIpc) is 3.32. The van der Waals surface area contributed by atoms with Crippen LogP contribution in [0.4, 0.5) is 0 Å². The maximum atomic E-state index is 14.0. The number of fused-ring (bicyclic) bond motifs is 2. The Bertz CT molecular complexity index is 1350. The molecule has 2 aromatic rings. The lowest BCUT2D eigenvalue weighted by molar-refractivity contribution is -0.132. The van der Waals surface area contributed by atoms with Gasteiger partial charge in [-0.3, -0.25) is 19.3 Å². The van der Waals surface area contributed by atoms with Crippen LogP contribution in [-0.2, 0) is 9.59 Å². The highest BCUT2D eigenvalue weighted by molar-refractivity contribution is 6.00. The normalized spacial score (nSPS) is 25.3. The van der Waals surface area contributed by atoms with E-state index >= 15 is 0 Å². The Kier molecular flexibility index (Phi) is 8.31. The zero-order valence-corrected chi connectivity index (χ0v) is 26.1. The molecule has 5 rings (SSSR count). The number of benzene rings is 1. The third-order valence-electron chi connectivity index (χ3n) is 10.3. The number of rotatable bonds is 10. The van der Waals surface area contributed by atoms with Gasteiger partial charge in [-0.25, -0.2) is 0 Å². The fourth-order valence-electron chi connectivity index (χ4n) is 7.71. The summed E-state index contributed by atoms with van der Waals surface area (Å²) in [6, 6.07) is 6.52. The van der Waals surface area contributed by atoms with Crippen molar-refractivity contribution >= 4 is 28.5 Å². The van der Waals surface area contributed by atoms with Crippen LogP contribution in [0.5, 0.6) is 5.75 Å². The maximum Gasteiger partial charge on any atom is 0.268 e. The summed E-state index contributed by atoms with van der Waals surface area (Å²) in [6.45, 7) is 15.4. The molecule has 2 aliphatic carbocycles. The first-order valence-corrected chi connectivity index (χ1v) is 15.5. The number of H-pyrrole nitrogens is 1. The molecule has 1 aromatic carbocycles. The second-order valence-corrected chi connectivity index (χ2v) is 14.3. The SMILES string of the molecule is C=CC(=O)[C@@H](NC(=O)[C@@H]1[C@@H]2[C@H](CN1C[C@@H](NC(=O)c1cc3c(OC)cccc3[nH]1)C1CCCCC1)C2(C)C)C(C)(C)C. The van der Waals surface area contributed by atoms with Crippen molar-refractivity contribution in [1.82, 2.24) is 20.5 Å². The Morgan fingerprint density at radius 3 is 2.52 bits per heavy atom. The Morgan fingerprint density at radius 1 is 1.17 bits per heavy atom. The molecule has 0 radical (unpaired) electrons. The summed E-state index contributed by atoms with van der Waals surface area (Å²) in [5.74, 6) is 1.30. The second kappa shape index (κ2) is 11.5. The number of nitrogens with one attached hydrogen (secondary N) is 3. The lowest BCUT2D eigenvalue weighted by Crippen LogP contribution is -2.58. The summed E-state index contributed by atoms with van der Waals surface area (Å²) in [4.78, 5) is 45.9. The molecule has 8 heteroatoms. The van der Waals surface area contributed by atoms with Crippen molar-refractivity contribution in [3.63, 3.8) is 0 Å². The van der Waals surface area contributed by atoms with Crippen molar-refractivity contribution < 1.29 is 19.1 Å². The van der Waals surface area contributed by atoms with Crippen LogP contribution in [0.2, 0.25) is 0 Å². The zero-order chi connectivity index (χ0) is 30.4. The fraction of sp³-hybridized carbons (Fsp3) is 0.618. The molecular formula is C34H48N4O4. The van der Waals surface area contributed by atoms with Crippen LogP contribution in [0.1, 0.15) is 77.2 Å². The summed E-state index contributed by atoms with van der Waals surface area (Å²) in [5, 5.41) is 7.37. The van der Waals surface area contributed by atoms with E-state index in [1.807, 2.05) is 45.0 Å². The van der Waals surface area contributed by atoms with Crippen LogP contribution in [0.3, 0.4) is 0 Å². The highest BCUT2D eigenvalue weighted by Gasteiger charge is 2.68. The van der Waals surface area contributed by atoms with E-state index in [4.69, 9.17) is 4.74 Å². The van der Waals surface area contributed by atoms with Gasteiger partial charge in [-0.1, -0.05) is 66.5 Å². The lowest BCUT2D eigenvalue weighted by Gasteiger charge is -2.38. The van der Waals surface area contributed by atoms with Gasteiger partial charge in [0.2, 0.25) is 5.91 Å². The number of ketones is 1. The molecule has 3 fully saturated rings. The first kappa shape index (κ1) is 30.3. The number of likely N-dealkylation sites (tertiary alicyclic amines) is 1. The van der Waals surface area contributed by atoms with Crippen molar-refractivity contribution in [1.29, 1.82) is 0 Å². The number of methoxy groups -OCH3 is 1. The van der Waals surface area contributed by atoms with Crippen LogP contribution in [0, 0.1) is 28.6 Å². The van der Waals surface area contributed by atoms with Crippen LogP contribution < -0.4 is 15.4 Å². The number of ether oxygens (including phenoxy) is 1. The summed E-state index contributed by atoms with van der Waals surface area (Å²) in [6.07, 6.45) is 6.96. The number of piperidine rings is 1. The minimum atomic E-state index is -0.641. The molecule has 3 aliphatic rings. The van der Waals surface area contributed by atoms with E-state index in [0.717, 1.165) is 48.9 Å². The summed E-state index contributed by atoms with van der Waals surface area (Å²) < 4.78 is 5.50. The molecule has 2 saturated carbocycles. The van der Waals surface area contributed by atoms with E-state index in [-0.39, 0.29) is 41.0 Å². The van der Waals surface area contributed by atoms with E-state index in [1.165, 1.54) is 12.5 Å². The molecule has 1 aliphatic heterocycles. The minimum absolute atomic E-state index is 0.0746. The Hall–Kier alpha value is -3.13. The van der Waals surface area contributed by atoms with Gasteiger partial charge in [-0.05, 0) is 65.7 Å². The van der Waals surface area contributed by atoms with Crippen molar-refractivity contribution in [3.05, 3.63) is 42.6 Å². The van der Waals surface area contributed by atoms with Crippen LogP contribution in [-0.4, -0.2) is 65.8 Å². The fourth-order valence-corrected chi connectivity index (χ4v) is 7.71. The van der Waals surface area contributed by atoms with Gasteiger partial charge in [0.05, 0.1) is 19.2 Å². The number of aromatic amines is 1. The number of nitrogens with zero attached hydrogens (tertiary/aromatic N) is 1. The van der Waals surface area contributed by atoms with Gasteiger partial charge < -0.3 is 20.4 Å². The monoisotopic (exact) mass is 576 g/mol. The first-order chi connectivity index (χ1) is 19.9. The number of hydrogen-bond donors (Lipinski definition) is 3. The molecule has 2 heterocycles. The molecule has 3 N–H and O–H groups in total. The quantitative estimate of drug-likeness (QED) is 0.342. The molecule has 5 atom stereocenters. The molecule has 0 bridgehead atoms. The number of aromatic nitrogens is 1. The highest BCUT2D eigenvalue weighted by atomic mass is 16.5. The zero-order valence-electron chi connectivity index (χ0n) is 26.1. The predicted octanol–water partition coefficient (Wildman–Crippen LogP) is 5.10. The van der Waals surface area contributed by atoms with Crippen molar-refractivity contribution in [2.45, 2.75) is 84.8 Å². The van der Waals surface area contributed by atoms with Crippen molar-refractivity contribution in [3.8, 4) is 5.75 Å². The van der Waals surface area contributed by atoms with E-state index in [1.54, 1.807) is 7.11 Å². The van der Waals surface area contributed by atoms with Gasteiger partial charge in [0, 0.05) is 30.0 Å². The average molecular weight is 577 g/mol. The molecular weight excluding hydrogens is 528 g/mol. The number of amides is 2. The van der Waals surface area contributed by atoms with E-state index < -0.39 is 11.5 Å². The van der Waals surface area contributed by atoms with E-state index in [2.05, 4.69) is 40.9 Å². The third kappa shape index (κ3) is 5.75. The summed E-state index contributed by atoms with van der Waals surface area (Å²) in [7, 11) is 1.63. The Balaban J connectivity index is 1.38. The molecule has 0 unspecified atom stereocenters. The van der Waals surface area contributed by atoms with Crippen molar-refractivity contribution in [2.75, 3.05) is 20.2 Å². The Labute approximate surface area is 250 Å². The van der Waals surface area contributed by atoms with Gasteiger partial charge >= 0.3 is 0 Å². The summed E-state index contributed by atoms with van der Waals surface area (Å²) >= 11 is 0. The van der Waals surface area contributed by atoms with Crippen LogP contribution in [0.25, 0.3) is 10.9 Å². The molecule has 228 valence electrons. The van der Waals surface area contributed by atoms with Crippen molar-refractivity contribution in [2.24, 2.45) is 28.6 Å². The number of carbonyl (C=O) groups is 3. The topological polar surface area (TPSA) is 104 Å². The predicted molar refractivity (Wildman–Crippen MR) is 165 cm³/mol. The molecule has 1 saturated heterocycles. The third-order valence-corrected chi connectivity index (χ3v) is 10.3. The molecule has 1 aromatic heterocycles. The van der Waals surface area contributed by atoms with Gasteiger partial charge in [-0.2, -0.15) is 0 Å². The van der Waals surface area contributed by atoms with Gasteiger partial charge in [0.1, 0.15) is 11.4 Å². The Morgan fingerprint density at radius 2 is 1.88 bits per heavy atom. The van der Waals surface area contributed by atoms with Gasteiger partial charge in [0.25, 0.3) is 5.91 Å². The molecule has 0 spiro atoms. The van der Waals surface area contributed by atoms with Gasteiger partial charge in [0.15, 0.2) is 5.78 Å². The second-order valence-electron chi connectivity index (χ2n) is 14.3. The number of hydrogen-bond acceptors (Lipinski definition) is 5. The van der Waals surface area contributed by atoms with Crippen LogP contribution >= 0.6 is 0 Å².